The first-order valence-electron chi connectivity index (χ1n) is 18.2. The first kappa shape index (κ1) is 40.6. The monoisotopic (exact) mass is 553 g/mol. The molecule has 0 aliphatic carbocycles. The lowest BCUT2D eigenvalue weighted by atomic mass is 10.0. The van der Waals surface area contributed by atoms with E-state index in [4.69, 9.17) is 4.74 Å². The van der Waals surface area contributed by atoms with Crippen LogP contribution < -0.4 is 0 Å². The minimum atomic E-state index is 0.00375. The van der Waals surface area contributed by atoms with E-state index in [1.54, 1.807) is 0 Å². The van der Waals surface area contributed by atoms with E-state index in [9.17, 15) is 4.79 Å². The van der Waals surface area contributed by atoms with Crippen molar-refractivity contribution in [3.05, 3.63) is 0 Å². The van der Waals surface area contributed by atoms with Gasteiger partial charge in [-0.25, -0.2) is 0 Å². The fraction of sp³-hybridized carbons (Fsp3) is 0.973. The van der Waals surface area contributed by atoms with Crippen LogP contribution in [-0.4, -0.2) is 12.6 Å². The summed E-state index contributed by atoms with van der Waals surface area (Å²) in [6, 6.07) is 0. The molecule has 0 unspecified atom stereocenters. The van der Waals surface area contributed by atoms with Crippen molar-refractivity contribution in [2.75, 3.05) is 6.61 Å². The summed E-state index contributed by atoms with van der Waals surface area (Å²) >= 11 is 0. The van der Waals surface area contributed by atoms with Crippen LogP contribution in [0.15, 0.2) is 0 Å². The molecule has 0 fully saturated rings. The Kier molecular flexibility index (Phi) is 39.0. The Morgan fingerprint density at radius 1 is 0.436 bits per heavy atom. The highest BCUT2D eigenvalue weighted by Gasteiger charge is 2.02. The molecule has 0 aliphatic rings. The summed E-state index contributed by atoms with van der Waals surface area (Å²) in [5, 5.41) is 0. The van der Waals surface area contributed by atoms with Crippen molar-refractivity contribution < 1.29 is 9.53 Å². The summed E-state index contributed by atoms with van der Waals surface area (Å²) in [7, 11) is 0. The average Bonchev–Trinajstić information content (AvgIpc) is 2.92. The van der Waals surface area contributed by atoms with Crippen molar-refractivity contribution in [1.29, 1.82) is 0 Å². The van der Waals surface area contributed by atoms with Crippen molar-refractivity contribution in [2.45, 2.75) is 221 Å². The van der Waals surface area contributed by atoms with Gasteiger partial charge in [0.05, 0.1) is 6.61 Å². The number of hydrogen-bond donors (Lipinski definition) is 0. The number of esters is 1. The largest absolute Gasteiger partial charge is 0.466 e. The van der Waals surface area contributed by atoms with Gasteiger partial charge >= 0.3 is 5.97 Å². The molecule has 0 aliphatic heterocycles. The number of unbranched alkanes of at least 4 members (excludes halogenated alkanes) is 24. The molecule has 0 heterocycles. The van der Waals surface area contributed by atoms with Gasteiger partial charge in [0.15, 0.2) is 0 Å². The van der Waals surface area contributed by atoms with Crippen molar-refractivity contribution in [1.82, 2.24) is 0 Å². The van der Waals surface area contributed by atoms with Gasteiger partial charge in [0.25, 0.3) is 0 Å². The van der Waals surface area contributed by atoms with Crippen LogP contribution in [0.5, 0.6) is 0 Å². The standard InChI is InChI=1S/C20H42.C17H34O2/c1-4-5-6-7-8-9-10-11-12-13-14-15-16-17-18-19-20(2)3;1-3-5-7-9-11-13-15-17(18)19-16-14-12-10-8-6-4-2/h20H,4-19H2,1-3H3;3-16H2,1-2H3. The third kappa shape index (κ3) is 42.1. The van der Waals surface area contributed by atoms with Crippen LogP contribution in [0.25, 0.3) is 0 Å². The molecule has 39 heavy (non-hydrogen) atoms. The zero-order valence-corrected chi connectivity index (χ0v) is 28.1. The van der Waals surface area contributed by atoms with Gasteiger partial charge in [0, 0.05) is 6.42 Å². The molecule has 0 saturated carbocycles. The van der Waals surface area contributed by atoms with Gasteiger partial charge in [-0.3, -0.25) is 4.79 Å². The highest BCUT2D eigenvalue weighted by Crippen LogP contribution is 2.15. The second-order valence-corrected chi connectivity index (χ2v) is 12.6. The van der Waals surface area contributed by atoms with Crippen LogP contribution in [0, 0.1) is 5.92 Å². The van der Waals surface area contributed by atoms with E-state index < -0.39 is 0 Å². The third-order valence-corrected chi connectivity index (χ3v) is 7.88. The van der Waals surface area contributed by atoms with E-state index in [0.29, 0.717) is 13.0 Å². The number of ether oxygens (including phenoxy) is 1. The van der Waals surface area contributed by atoms with E-state index in [2.05, 4.69) is 34.6 Å². The molecule has 0 N–H and O–H groups in total. The molecule has 0 atom stereocenters. The predicted molar refractivity (Wildman–Crippen MR) is 177 cm³/mol. The summed E-state index contributed by atoms with van der Waals surface area (Å²) < 4.78 is 5.24. The van der Waals surface area contributed by atoms with E-state index >= 15 is 0 Å². The Morgan fingerprint density at radius 3 is 1.10 bits per heavy atom. The van der Waals surface area contributed by atoms with Crippen LogP contribution in [0.2, 0.25) is 0 Å². The summed E-state index contributed by atoms with van der Waals surface area (Å²) in [5.41, 5.74) is 0. The molecular formula is C37H76O2. The minimum Gasteiger partial charge on any atom is -0.466 e. The molecule has 236 valence electrons. The molecule has 0 aromatic rings. The Bertz CT molecular complexity index is 431. The zero-order chi connectivity index (χ0) is 29.1. The summed E-state index contributed by atoms with van der Waals surface area (Å²) in [5.74, 6) is 0.904. The van der Waals surface area contributed by atoms with Gasteiger partial charge in [0.1, 0.15) is 0 Å². The SMILES string of the molecule is CCCCCCCCCCCCCCCCCC(C)C.CCCCCCCCOC(=O)CCCCCCCC. The topological polar surface area (TPSA) is 26.3 Å². The third-order valence-electron chi connectivity index (χ3n) is 7.88. The number of rotatable bonds is 30. The summed E-state index contributed by atoms with van der Waals surface area (Å²) in [4.78, 5) is 11.4. The molecule has 2 heteroatoms. The van der Waals surface area contributed by atoms with Crippen LogP contribution in [0.3, 0.4) is 0 Å². The van der Waals surface area contributed by atoms with Gasteiger partial charge in [-0.2, -0.15) is 0 Å². The molecule has 0 amide bonds. The zero-order valence-electron chi connectivity index (χ0n) is 28.1. The lowest BCUT2D eigenvalue weighted by molar-refractivity contribution is -0.143. The smallest absolute Gasteiger partial charge is 0.305 e. The minimum absolute atomic E-state index is 0.00375. The second-order valence-electron chi connectivity index (χ2n) is 12.6. The first-order valence-corrected chi connectivity index (χ1v) is 18.2. The maximum Gasteiger partial charge on any atom is 0.305 e. The molecule has 0 radical (unpaired) electrons. The number of hydrogen-bond acceptors (Lipinski definition) is 2. The molecule has 2 nitrogen and oxygen atoms in total. The quantitative estimate of drug-likeness (QED) is 0.0654. The van der Waals surface area contributed by atoms with E-state index in [0.717, 1.165) is 18.8 Å². The molecule has 0 saturated heterocycles. The molecule has 0 bridgehead atoms. The predicted octanol–water partition coefficient (Wildman–Crippen LogP) is 13.5. The highest BCUT2D eigenvalue weighted by atomic mass is 16.5. The molecule has 0 rings (SSSR count). The van der Waals surface area contributed by atoms with Gasteiger partial charge in [0.2, 0.25) is 0 Å². The van der Waals surface area contributed by atoms with Crippen LogP contribution in [-0.2, 0) is 9.53 Å². The summed E-state index contributed by atoms with van der Waals surface area (Å²) in [6.45, 7) is 12.0. The van der Waals surface area contributed by atoms with Crippen molar-refractivity contribution >= 4 is 5.97 Å². The van der Waals surface area contributed by atoms with Gasteiger partial charge < -0.3 is 4.74 Å². The molecule has 0 aromatic carbocycles. The fourth-order valence-corrected chi connectivity index (χ4v) is 5.11. The normalized spacial score (nSPS) is 11.0. The highest BCUT2D eigenvalue weighted by molar-refractivity contribution is 5.69. The van der Waals surface area contributed by atoms with Crippen molar-refractivity contribution in [3.8, 4) is 0 Å². The maximum atomic E-state index is 11.4. The first-order chi connectivity index (χ1) is 19.1. The summed E-state index contributed by atoms with van der Waals surface area (Å²) in [6.07, 6.45) is 38.9. The van der Waals surface area contributed by atoms with Crippen molar-refractivity contribution in [3.63, 3.8) is 0 Å². The van der Waals surface area contributed by atoms with E-state index in [-0.39, 0.29) is 5.97 Å². The number of carbonyl (C=O) groups excluding carboxylic acids is 1. The average molecular weight is 553 g/mol. The van der Waals surface area contributed by atoms with Gasteiger partial charge in [-0.05, 0) is 18.8 Å². The van der Waals surface area contributed by atoms with Gasteiger partial charge in [-0.1, -0.05) is 202 Å². The van der Waals surface area contributed by atoms with Crippen LogP contribution in [0.4, 0.5) is 0 Å². The van der Waals surface area contributed by atoms with Crippen LogP contribution >= 0.6 is 0 Å². The van der Waals surface area contributed by atoms with Gasteiger partial charge in [-0.15, -0.1) is 0 Å². The Balaban J connectivity index is 0. The lowest BCUT2D eigenvalue weighted by Gasteiger charge is -2.05. The van der Waals surface area contributed by atoms with E-state index in [1.165, 1.54) is 167 Å². The number of carbonyl (C=O) groups is 1. The van der Waals surface area contributed by atoms with Crippen LogP contribution in [0.1, 0.15) is 221 Å². The Labute approximate surface area is 248 Å². The Morgan fingerprint density at radius 2 is 0.744 bits per heavy atom. The van der Waals surface area contributed by atoms with E-state index in [1.807, 2.05) is 0 Å². The van der Waals surface area contributed by atoms with Crippen molar-refractivity contribution in [2.24, 2.45) is 5.92 Å². The molecular weight excluding hydrogens is 476 g/mol. The lowest BCUT2D eigenvalue weighted by Crippen LogP contribution is -2.05. The molecule has 0 aromatic heterocycles. The fourth-order valence-electron chi connectivity index (χ4n) is 5.11. The Hall–Kier alpha value is -0.530. The molecule has 0 spiro atoms. The maximum absolute atomic E-state index is 11.4. The second kappa shape index (κ2) is 37.5.